The van der Waals surface area contributed by atoms with Crippen LogP contribution in [0.1, 0.15) is 44.3 Å². The van der Waals surface area contributed by atoms with Crippen molar-refractivity contribution >= 4 is 15.7 Å². The molecular formula is C44H42N2O6S. The molecule has 6 rings (SSSR count). The number of amides is 1. The zero-order chi connectivity index (χ0) is 37.0. The van der Waals surface area contributed by atoms with Crippen molar-refractivity contribution in [1.29, 1.82) is 0 Å². The van der Waals surface area contributed by atoms with Gasteiger partial charge in [0, 0.05) is 6.04 Å². The maximum Gasteiger partial charge on any atom is 0.252 e. The second-order valence-corrected chi connectivity index (χ2v) is 14.7. The van der Waals surface area contributed by atoms with Gasteiger partial charge in [-0.25, -0.2) is 8.42 Å². The summed E-state index contributed by atoms with van der Waals surface area (Å²) in [5.41, 5.74) is 10.3. The Bertz CT molecular complexity index is 2200. The predicted octanol–water partition coefficient (Wildman–Crippen LogP) is 7.25. The maximum atomic E-state index is 13.6. The van der Waals surface area contributed by atoms with Gasteiger partial charge < -0.3 is 25.6 Å². The molecule has 270 valence electrons. The third-order valence-electron chi connectivity index (χ3n) is 8.95. The average molecular weight is 727 g/mol. The second kappa shape index (κ2) is 17.7. The molecule has 0 fully saturated rings. The molecule has 0 aliphatic rings. The summed E-state index contributed by atoms with van der Waals surface area (Å²) in [6, 6.07) is 47.4. The molecule has 9 heteroatoms. The molecule has 0 saturated carbocycles. The van der Waals surface area contributed by atoms with E-state index in [1.54, 1.807) is 24.3 Å². The maximum absolute atomic E-state index is 13.6. The number of primary amides is 1. The first-order valence-electron chi connectivity index (χ1n) is 17.4. The number of benzene rings is 6. The summed E-state index contributed by atoms with van der Waals surface area (Å²) in [6.45, 7) is 1.17. The number of aliphatic hydroxyl groups excluding tert-OH is 1. The van der Waals surface area contributed by atoms with Gasteiger partial charge in [-0.2, -0.15) is 0 Å². The normalized spacial score (nSPS) is 12.5. The molecule has 6 aromatic rings. The van der Waals surface area contributed by atoms with Crippen molar-refractivity contribution in [3.05, 3.63) is 191 Å². The van der Waals surface area contributed by atoms with Crippen LogP contribution in [-0.4, -0.2) is 32.0 Å². The highest BCUT2D eigenvalue weighted by atomic mass is 32.2. The summed E-state index contributed by atoms with van der Waals surface area (Å²) in [7, 11) is -3.95. The molecule has 0 bridgehead atoms. The standard InChI is InChI=1S/C44H42N2O6S/c45-44(48)40-29-39(23-24-42(40)52-31-35-15-8-3-9-16-35)53(49,50)38-21-19-32(20-22-38)25-26-46-41(27-33-11-4-1-5-12-33)43(47)36-17-10-18-37(28-36)51-30-34-13-6-2-7-14-34/h1-24,28-29,41,43,46-47H,25-27,30-31H2,(H2,45,48)/t41?,43-/m1/s1. The van der Waals surface area contributed by atoms with Crippen LogP contribution in [0.5, 0.6) is 11.5 Å². The Kier molecular flexibility index (Phi) is 12.3. The smallest absolute Gasteiger partial charge is 0.252 e. The van der Waals surface area contributed by atoms with Gasteiger partial charge in [-0.15, -0.1) is 0 Å². The number of carbonyl (C=O) groups is 1. The van der Waals surface area contributed by atoms with E-state index in [2.05, 4.69) is 5.32 Å². The highest BCUT2D eigenvalue weighted by Gasteiger charge is 2.23. The van der Waals surface area contributed by atoms with E-state index in [1.807, 2.05) is 115 Å². The van der Waals surface area contributed by atoms with Crippen molar-refractivity contribution in [3.63, 3.8) is 0 Å². The van der Waals surface area contributed by atoms with Gasteiger partial charge in [-0.3, -0.25) is 4.79 Å². The zero-order valence-corrected chi connectivity index (χ0v) is 30.0. The first-order chi connectivity index (χ1) is 25.8. The Morgan fingerprint density at radius 1 is 0.642 bits per heavy atom. The summed E-state index contributed by atoms with van der Waals surface area (Å²) in [5.74, 6) is 0.104. The van der Waals surface area contributed by atoms with E-state index in [9.17, 15) is 18.3 Å². The third-order valence-corrected chi connectivity index (χ3v) is 10.7. The molecule has 0 spiro atoms. The van der Waals surface area contributed by atoms with Crippen molar-refractivity contribution < 1.29 is 27.8 Å². The Morgan fingerprint density at radius 3 is 1.85 bits per heavy atom. The van der Waals surface area contributed by atoms with Crippen LogP contribution in [0.15, 0.2) is 168 Å². The first-order valence-corrected chi connectivity index (χ1v) is 18.9. The van der Waals surface area contributed by atoms with Crippen LogP contribution in [0.4, 0.5) is 0 Å². The molecule has 8 nitrogen and oxygen atoms in total. The number of sulfone groups is 1. The van der Waals surface area contributed by atoms with Crippen LogP contribution in [0.25, 0.3) is 0 Å². The molecule has 0 saturated heterocycles. The number of nitrogens with one attached hydrogen (secondary N) is 1. The zero-order valence-electron chi connectivity index (χ0n) is 29.2. The van der Waals surface area contributed by atoms with E-state index < -0.39 is 21.8 Å². The van der Waals surface area contributed by atoms with E-state index in [0.29, 0.717) is 31.7 Å². The number of aliphatic hydroxyl groups is 1. The highest BCUT2D eigenvalue weighted by Crippen LogP contribution is 2.28. The van der Waals surface area contributed by atoms with E-state index in [4.69, 9.17) is 15.2 Å². The molecule has 0 aliphatic carbocycles. The minimum absolute atomic E-state index is 0.0108. The lowest BCUT2D eigenvalue weighted by atomic mass is 9.95. The van der Waals surface area contributed by atoms with Crippen LogP contribution in [0.2, 0.25) is 0 Å². The van der Waals surface area contributed by atoms with E-state index in [1.165, 1.54) is 18.2 Å². The fourth-order valence-electron chi connectivity index (χ4n) is 6.03. The molecule has 1 unspecified atom stereocenters. The Balaban J connectivity index is 1.11. The van der Waals surface area contributed by atoms with Crippen molar-refractivity contribution in [1.82, 2.24) is 5.32 Å². The van der Waals surface area contributed by atoms with Crippen LogP contribution in [0, 0.1) is 0 Å². The lowest BCUT2D eigenvalue weighted by Gasteiger charge is -2.25. The van der Waals surface area contributed by atoms with Crippen molar-refractivity contribution in [2.24, 2.45) is 5.73 Å². The van der Waals surface area contributed by atoms with Crippen LogP contribution >= 0.6 is 0 Å². The van der Waals surface area contributed by atoms with Gasteiger partial charge >= 0.3 is 0 Å². The molecule has 1 amide bonds. The topological polar surface area (TPSA) is 128 Å². The van der Waals surface area contributed by atoms with E-state index in [0.717, 1.165) is 27.8 Å². The van der Waals surface area contributed by atoms with Crippen molar-refractivity contribution in [2.45, 2.75) is 48.0 Å². The van der Waals surface area contributed by atoms with Gasteiger partial charge in [-0.05, 0) is 89.7 Å². The third kappa shape index (κ3) is 9.99. The SMILES string of the molecule is NC(=O)c1cc(S(=O)(=O)c2ccc(CCNC(Cc3ccccc3)[C@H](O)c3cccc(OCc4ccccc4)c3)cc2)ccc1OCc1ccccc1. The van der Waals surface area contributed by atoms with Crippen molar-refractivity contribution in [2.75, 3.05) is 6.54 Å². The molecule has 0 aromatic heterocycles. The average Bonchev–Trinajstić information content (AvgIpc) is 3.20. The lowest BCUT2D eigenvalue weighted by Crippen LogP contribution is -2.38. The first kappa shape index (κ1) is 37.0. The number of rotatable bonds is 17. The van der Waals surface area contributed by atoms with Crippen molar-refractivity contribution in [3.8, 4) is 11.5 Å². The van der Waals surface area contributed by atoms with Gasteiger partial charge in [0.2, 0.25) is 9.84 Å². The molecule has 4 N–H and O–H groups in total. The summed E-state index contributed by atoms with van der Waals surface area (Å²) in [6.07, 6.45) is 0.374. The minimum Gasteiger partial charge on any atom is -0.489 e. The van der Waals surface area contributed by atoms with Gasteiger partial charge in [0.25, 0.3) is 5.91 Å². The summed E-state index contributed by atoms with van der Waals surface area (Å²) < 4.78 is 39.0. The molecule has 6 aromatic carbocycles. The Labute approximate surface area is 310 Å². The van der Waals surface area contributed by atoms with Gasteiger partial charge in [-0.1, -0.05) is 115 Å². The second-order valence-electron chi connectivity index (χ2n) is 12.7. The van der Waals surface area contributed by atoms with Gasteiger partial charge in [0.15, 0.2) is 0 Å². The quantitative estimate of drug-likeness (QED) is 0.0904. The summed E-state index contributed by atoms with van der Waals surface area (Å²) >= 11 is 0. The minimum atomic E-state index is -3.95. The molecule has 0 aliphatic heterocycles. The van der Waals surface area contributed by atoms with E-state index >= 15 is 0 Å². The van der Waals surface area contributed by atoms with Crippen LogP contribution in [-0.2, 0) is 35.9 Å². The Hall–Kier alpha value is -5.74. The number of carbonyl (C=O) groups excluding carboxylic acids is 1. The van der Waals surface area contributed by atoms with Crippen LogP contribution in [0.3, 0.4) is 0 Å². The monoisotopic (exact) mass is 726 g/mol. The molecule has 0 heterocycles. The van der Waals surface area contributed by atoms with E-state index in [-0.39, 0.29) is 33.8 Å². The fraction of sp³-hybridized carbons (Fsp3) is 0.159. The number of hydrogen-bond donors (Lipinski definition) is 3. The van der Waals surface area contributed by atoms with Crippen LogP contribution < -0.4 is 20.5 Å². The molecule has 53 heavy (non-hydrogen) atoms. The molecule has 2 atom stereocenters. The number of hydrogen-bond acceptors (Lipinski definition) is 7. The fourth-order valence-corrected chi connectivity index (χ4v) is 7.31. The highest BCUT2D eigenvalue weighted by molar-refractivity contribution is 7.91. The number of nitrogens with two attached hydrogens (primary N) is 1. The van der Waals surface area contributed by atoms with Gasteiger partial charge in [0.1, 0.15) is 24.7 Å². The summed E-state index contributed by atoms with van der Waals surface area (Å²) in [4.78, 5) is 12.3. The molecular weight excluding hydrogens is 685 g/mol. The largest absolute Gasteiger partial charge is 0.489 e. The predicted molar refractivity (Wildman–Crippen MR) is 205 cm³/mol. The Morgan fingerprint density at radius 2 is 1.23 bits per heavy atom. The number of ether oxygens (including phenoxy) is 2. The lowest BCUT2D eigenvalue weighted by molar-refractivity contribution is 0.0995. The van der Waals surface area contributed by atoms with Gasteiger partial charge in [0.05, 0.1) is 21.5 Å². The summed E-state index contributed by atoms with van der Waals surface area (Å²) in [5, 5.41) is 15.2. The molecule has 0 radical (unpaired) electrons.